The van der Waals surface area contributed by atoms with Crippen molar-refractivity contribution in [2.45, 2.75) is 13.0 Å². The highest BCUT2D eigenvalue weighted by Gasteiger charge is 2.18. The zero-order valence-corrected chi connectivity index (χ0v) is 10.5. The van der Waals surface area contributed by atoms with Gasteiger partial charge in [0.2, 0.25) is 0 Å². The number of hydrogen-bond donors (Lipinski definition) is 1. The molecule has 1 aromatic heterocycles. The minimum absolute atomic E-state index is 0.301. The van der Waals surface area contributed by atoms with E-state index in [0.717, 1.165) is 30.1 Å². The maximum Gasteiger partial charge on any atom is 0.123 e. The van der Waals surface area contributed by atoms with E-state index in [1.807, 2.05) is 12.1 Å². The Hall–Kier alpha value is -1.39. The van der Waals surface area contributed by atoms with E-state index in [2.05, 4.69) is 11.9 Å². The highest BCUT2D eigenvalue weighted by atomic mass is 32.1. The number of phenols is 1. The molecule has 0 unspecified atom stereocenters. The molecule has 1 aromatic carbocycles. The first-order chi connectivity index (χ1) is 8.22. The van der Waals surface area contributed by atoms with Crippen molar-refractivity contribution in [3.05, 3.63) is 34.8 Å². The van der Waals surface area contributed by atoms with E-state index in [9.17, 15) is 5.11 Å². The number of thiazole rings is 1. The van der Waals surface area contributed by atoms with Crippen LogP contribution >= 0.6 is 11.3 Å². The lowest BCUT2D eigenvalue weighted by molar-refractivity contribution is 0.314. The molecule has 3 rings (SSSR count). The Morgan fingerprint density at radius 1 is 1.29 bits per heavy atom. The minimum Gasteiger partial charge on any atom is -0.508 e. The van der Waals surface area contributed by atoms with Gasteiger partial charge in [-0.15, -0.1) is 11.3 Å². The Kier molecular flexibility index (Phi) is 2.61. The lowest BCUT2D eigenvalue weighted by Crippen LogP contribution is -2.25. The first-order valence-electron chi connectivity index (χ1n) is 5.69. The molecule has 1 aliphatic rings. The van der Waals surface area contributed by atoms with Gasteiger partial charge in [-0.25, -0.2) is 4.98 Å². The number of hydrogen-bond acceptors (Lipinski definition) is 4. The normalized spacial score (nSPS) is 15.8. The maximum atomic E-state index is 9.28. The van der Waals surface area contributed by atoms with Gasteiger partial charge in [0.15, 0.2) is 0 Å². The van der Waals surface area contributed by atoms with Gasteiger partial charge in [0.05, 0.1) is 5.69 Å². The van der Waals surface area contributed by atoms with Crippen LogP contribution in [0, 0.1) is 0 Å². The summed E-state index contributed by atoms with van der Waals surface area (Å²) in [7, 11) is 2.14. The summed E-state index contributed by atoms with van der Waals surface area (Å²) < 4.78 is 0. The Morgan fingerprint density at radius 3 is 2.82 bits per heavy atom. The van der Waals surface area contributed by atoms with Gasteiger partial charge in [0.25, 0.3) is 0 Å². The van der Waals surface area contributed by atoms with E-state index in [0.29, 0.717) is 5.75 Å². The first kappa shape index (κ1) is 10.7. The highest BCUT2D eigenvalue weighted by molar-refractivity contribution is 7.15. The van der Waals surface area contributed by atoms with Gasteiger partial charge in [-0.05, 0) is 31.3 Å². The van der Waals surface area contributed by atoms with E-state index in [1.54, 1.807) is 23.5 Å². The summed E-state index contributed by atoms with van der Waals surface area (Å²) in [6.07, 6.45) is 1.04. The molecule has 0 saturated carbocycles. The molecule has 88 valence electrons. The number of fused-ring (bicyclic) bond motifs is 1. The van der Waals surface area contributed by atoms with Crippen molar-refractivity contribution < 1.29 is 5.11 Å². The Balaban J connectivity index is 1.97. The average molecular weight is 246 g/mol. The molecule has 0 spiro atoms. The molecule has 0 atom stereocenters. The molecule has 4 heteroatoms. The van der Waals surface area contributed by atoms with Crippen LogP contribution in [0.2, 0.25) is 0 Å². The average Bonchev–Trinajstić information content (AvgIpc) is 2.72. The van der Waals surface area contributed by atoms with Crippen molar-refractivity contribution in [3.8, 4) is 16.3 Å². The van der Waals surface area contributed by atoms with E-state index < -0.39 is 0 Å². The summed E-state index contributed by atoms with van der Waals surface area (Å²) >= 11 is 1.76. The molecule has 2 heterocycles. The van der Waals surface area contributed by atoms with Crippen molar-refractivity contribution in [3.63, 3.8) is 0 Å². The molecule has 3 nitrogen and oxygen atoms in total. The SMILES string of the molecule is CN1CCc2nc(-c3ccc(O)cc3)sc2C1. The van der Waals surface area contributed by atoms with Gasteiger partial charge in [0, 0.05) is 30.0 Å². The summed E-state index contributed by atoms with van der Waals surface area (Å²) in [6.45, 7) is 2.09. The van der Waals surface area contributed by atoms with Crippen LogP contribution in [-0.2, 0) is 13.0 Å². The van der Waals surface area contributed by atoms with Gasteiger partial charge in [-0.2, -0.15) is 0 Å². The van der Waals surface area contributed by atoms with Crippen molar-refractivity contribution in [2.75, 3.05) is 13.6 Å². The van der Waals surface area contributed by atoms with Gasteiger partial charge in [0.1, 0.15) is 10.8 Å². The number of nitrogens with zero attached hydrogens (tertiary/aromatic N) is 2. The highest BCUT2D eigenvalue weighted by Crippen LogP contribution is 2.31. The third kappa shape index (κ3) is 2.06. The first-order valence-corrected chi connectivity index (χ1v) is 6.50. The lowest BCUT2D eigenvalue weighted by Gasteiger charge is -2.20. The largest absolute Gasteiger partial charge is 0.508 e. The van der Waals surface area contributed by atoms with Crippen LogP contribution in [0.3, 0.4) is 0 Å². The Bertz CT molecular complexity index is 533. The van der Waals surface area contributed by atoms with Gasteiger partial charge in [-0.3, -0.25) is 0 Å². The third-order valence-corrected chi connectivity index (χ3v) is 4.17. The van der Waals surface area contributed by atoms with Crippen molar-refractivity contribution in [1.82, 2.24) is 9.88 Å². The molecule has 0 fully saturated rings. The van der Waals surface area contributed by atoms with Gasteiger partial charge >= 0.3 is 0 Å². The summed E-state index contributed by atoms with van der Waals surface area (Å²) in [5.74, 6) is 0.301. The quantitative estimate of drug-likeness (QED) is 0.840. The monoisotopic (exact) mass is 246 g/mol. The van der Waals surface area contributed by atoms with Crippen LogP contribution in [0.1, 0.15) is 10.6 Å². The third-order valence-electron chi connectivity index (χ3n) is 3.04. The summed E-state index contributed by atoms with van der Waals surface area (Å²) in [5.41, 5.74) is 2.33. The van der Waals surface area contributed by atoms with Crippen LogP contribution in [0.25, 0.3) is 10.6 Å². The van der Waals surface area contributed by atoms with E-state index in [4.69, 9.17) is 4.98 Å². The second kappa shape index (κ2) is 4.13. The lowest BCUT2D eigenvalue weighted by atomic mass is 10.2. The maximum absolute atomic E-state index is 9.28. The molecule has 0 bridgehead atoms. The molecule has 0 radical (unpaired) electrons. The zero-order valence-electron chi connectivity index (χ0n) is 9.68. The fourth-order valence-corrected chi connectivity index (χ4v) is 3.24. The fourth-order valence-electron chi connectivity index (χ4n) is 2.05. The molecule has 0 amide bonds. The molecule has 1 N–H and O–H groups in total. The van der Waals surface area contributed by atoms with E-state index in [1.165, 1.54) is 10.6 Å². The predicted octanol–water partition coefficient (Wildman–Crippen LogP) is 2.50. The summed E-state index contributed by atoms with van der Waals surface area (Å²) in [6, 6.07) is 7.26. The fraction of sp³-hybridized carbons (Fsp3) is 0.308. The number of aromatic nitrogens is 1. The van der Waals surface area contributed by atoms with Crippen LogP contribution < -0.4 is 0 Å². The standard InChI is InChI=1S/C13H14N2OS/c1-15-7-6-11-12(8-15)17-13(14-11)9-2-4-10(16)5-3-9/h2-5,16H,6-8H2,1H3. The van der Waals surface area contributed by atoms with Crippen LogP contribution in [0.15, 0.2) is 24.3 Å². The minimum atomic E-state index is 0.301. The second-order valence-corrected chi connectivity index (χ2v) is 5.51. The number of rotatable bonds is 1. The van der Waals surface area contributed by atoms with Crippen LogP contribution in [0.5, 0.6) is 5.75 Å². The zero-order chi connectivity index (χ0) is 11.8. The van der Waals surface area contributed by atoms with Crippen LogP contribution in [-0.4, -0.2) is 28.6 Å². The molecule has 2 aromatic rings. The Labute approximate surface area is 104 Å². The number of phenolic OH excluding ortho intramolecular Hbond substituents is 1. The molecule has 17 heavy (non-hydrogen) atoms. The number of aromatic hydroxyl groups is 1. The molecular formula is C13H14N2OS. The molecular weight excluding hydrogens is 232 g/mol. The Morgan fingerprint density at radius 2 is 2.06 bits per heavy atom. The number of likely N-dealkylation sites (N-methyl/N-ethyl adjacent to an activating group) is 1. The predicted molar refractivity (Wildman–Crippen MR) is 69.3 cm³/mol. The van der Waals surface area contributed by atoms with Crippen LogP contribution in [0.4, 0.5) is 0 Å². The van der Waals surface area contributed by atoms with Gasteiger partial charge in [-0.1, -0.05) is 0 Å². The smallest absolute Gasteiger partial charge is 0.123 e. The van der Waals surface area contributed by atoms with Crippen molar-refractivity contribution in [2.24, 2.45) is 0 Å². The van der Waals surface area contributed by atoms with E-state index >= 15 is 0 Å². The van der Waals surface area contributed by atoms with Gasteiger partial charge < -0.3 is 10.0 Å². The molecule has 0 saturated heterocycles. The van der Waals surface area contributed by atoms with Crippen molar-refractivity contribution in [1.29, 1.82) is 0 Å². The van der Waals surface area contributed by atoms with Crippen molar-refractivity contribution >= 4 is 11.3 Å². The second-order valence-electron chi connectivity index (χ2n) is 4.42. The number of benzene rings is 1. The molecule has 0 aliphatic carbocycles. The topological polar surface area (TPSA) is 36.4 Å². The van der Waals surface area contributed by atoms with E-state index in [-0.39, 0.29) is 0 Å². The molecule has 1 aliphatic heterocycles. The summed E-state index contributed by atoms with van der Waals surface area (Å²) in [5, 5.41) is 10.3. The summed E-state index contributed by atoms with van der Waals surface area (Å²) in [4.78, 5) is 8.39.